The minimum atomic E-state index is 0. The summed E-state index contributed by atoms with van der Waals surface area (Å²) in [6.07, 6.45) is 2.60. The van der Waals surface area contributed by atoms with E-state index in [1.54, 1.807) is 21.3 Å². The van der Waals surface area contributed by atoms with Crippen molar-refractivity contribution in [1.82, 2.24) is 15.5 Å². The second-order valence-corrected chi connectivity index (χ2v) is 8.20. The fourth-order valence-corrected chi connectivity index (χ4v) is 3.92. The van der Waals surface area contributed by atoms with Gasteiger partial charge >= 0.3 is 0 Å². The van der Waals surface area contributed by atoms with Crippen molar-refractivity contribution in [2.24, 2.45) is 10.9 Å². The molecule has 0 spiro atoms. The summed E-state index contributed by atoms with van der Waals surface area (Å²) < 4.78 is 10.7. The number of methoxy groups -OCH3 is 2. The van der Waals surface area contributed by atoms with E-state index in [9.17, 15) is 0 Å². The van der Waals surface area contributed by atoms with Crippen LogP contribution in [0.1, 0.15) is 36.5 Å². The molecular weight excluding hydrogens is 515 g/mol. The van der Waals surface area contributed by atoms with E-state index in [1.165, 1.54) is 37.1 Å². The lowest BCUT2D eigenvalue weighted by molar-refractivity contribution is 0.185. The number of nitrogens with one attached hydrogen (secondary N) is 2. The number of piperidine rings is 1. The summed E-state index contributed by atoms with van der Waals surface area (Å²) in [7, 11) is 5.09. The first-order valence-electron chi connectivity index (χ1n) is 11.1. The zero-order chi connectivity index (χ0) is 22.1. The molecule has 1 aliphatic heterocycles. The Hall–Kier alpha value is -2.00. The Morgan fingerprint density at radius 3 is 2.28 bits per heavy atom. The number of aliphatic imine (C=N–C) groups is 1. The van der Waals surface area contributed by atoms with Gasteiger partial charge in [-0.3, -0.25) is 9.89 Å². The summed E-state index contributed by atoms with van der Waals surface area (Å²) >= 11 is 0. The highest BCUT2D eigenvalue weighted by Crippen LogP contribution is 2.27. The number of nitrogens with zero attached hydrogens (tertiary/aromatic N) is 2. The number of rotatable bonds is 8. The van der Waals surface area contributed by atoms with Crippen LogP contribution < -0.4 is 20.1 Å². The molecule has 1 saturated heterocycles. The average molecular weight is 553 g/mol. The molecule has 0 bridgehead atoms. The molecule has 2 N–H and O–H groups in total. The minimum Gasteiger partial charge on any atom is -0.493 e. The van der Waals surface area contributed by atoms with Crippen molar-refractivity contribution in [3.8, 4) is 11.5 Å². The number of likely N-dealkylation sites (tertiary alicyclic amines) is 1. The summed E-state index contributed by atoms with van der Waals surface area (Å²) in [5.41, 5.74) is 3.80. The summed E-state index contributed by atoms with van der Waals surface area (Å²) in [5.74, 6) is 3.09. The SMILES string of the molecule is CN=C(NCc1ccc(OC)c(OC)c1)NCc1ccccc1CN1CCC(C)CC1.I. The van der Waals surface area contributed by atoms with Crippen LogP contribution in [0.3, 0.4) is 0 Å². The summed E-state index contributed by atoms with van der Waals surface area (Å²) in [5, 5.41) is 6.84. The van der Waals surface area contributed by atoms with Gasteiger partial charge in [0, 0.05) is 26.7 Å². The second kappa shape index (κ2) is 13.5. The molecule has 0 saturated carbocycles. The van der Waals surface area contributed by atoms with Gasteiger partial charge in [-0.15, -0.1) is 24.0 Å². The molecule has 1 fully saturated rings. The van der Waals surface area contributed by atoms with Crippen molar-refractivity contribution in [3.63, 3.8) is 0 Å². The maximum absolute atomic E-state index is 5.39. The van der Waals surface area contributed by atoms with Crippen LogP contribution in [0.4, 0.5) is 0 Å². The van der Waals surface area contributed by atoms with Crippen LogP contribution in [0.5, 0.6) is 11.5 Å². The first-order valence-corrected chi connectivity index (χ1v) is 11.1. The van der Waals surface area contributed by atoms with Crippen molar-refractivity contribution >= 4 is 29.9 Å². The maximum atomic E-state index is 5.39. The molecule has 1 aliphatic rings. The van der Waals surface area contributed by atoms with Crippen LogP contribution in [-0.4, -0.2) is 45.2 Å². The van der Waals surface area contributed by atoms with Gasteiger partial charge in [0.2, 0.25) is 0 Å². The molecule has 0 unspecified atom stereocenters. The van der Waals surface area contributed by atoms with E-state index in [2.05, 4.69) is 51.7 Å². The van der Waals surface area contributed by atoms with Crippen LogP contribution >= 0.6 is 24.0 Å². The van der Waals surface area contributed by atoms with Crippen molar-refractivity contribution in [1.29, 1.82) is 0 Å². The fraction of sp³-hybridized carbons (Fsp3) is 0.480. The summed E-state index contributed by atoms with van der Waals surface area (Å²) in [6, 6.07) is 14.6. The molecular formula is C25H37IN4O2. The van der Waals surface area contributed by atoms with Gasteiger partial charge in [-0.1, -0.05) is 37.3 Å². The van der Waals surface area contributed by atoms with E-state index in [1.807, 2.05) is 18.2 Å². The standard InChI is InChI=1S/C25H36N4O2.HI/c1-19-11-13-29(14-12-19)18-22-8-6-5-7-21(22)17-28-25(26-2)27-16-20-9-10-23(30-3)24(15-20)31-4;/h5-10,15,19H,11-14,16-18H2,1-4H3,(H2,26,27,28);1H. The lowest BCUT2D eigenvalue weighted by Crippen LogP contribution is -2.37. The third kappa shape index (κ3) is 7.55. The molecule has 0 atom stereocenters. The Kier molecular flexibility index (Phi) is 11.1. The topological polar surface area (TPSA) is 58.1 Å². The van der Waals surface area contributed by atoms with Gasteiger partial charge < -0.3 is 20.1 Å². The molecule has 3 rings (SSSR count). The van der Waals surface area contributed by atoms with E-state index in [-0.39, 0.29) is 24.0 Å². The van der Waals surface area contributed by atoms with E-state index < -0.39 is 0 Å². The molecule has 32 heavy (non-hydrogen) atoms. The Morgan fingerprint density at radius 2 is 1.62 bits per heavy atom. The highest BCUT2D eigenvalue weighted by atomic mass is 127. The Labute approximate surface area is 209 Å². The second-order valence-electron chi connectivity index (χ2n) is 8.20. The summed E-state index contributed by atoms with van der Waals surface area (Å²) in [6.45, 7) is 7.15. The minimum absolute atomic E-state index is 0. The maximum Gasteiger partial charge on any atom is 0.191 e. The molecule has 0 aliphatic carbocycles. The zero-order valence-corrected chi connectivity index (χ0v) is 22.0. The van der Waals surface area contributed by atoms with Crippen LogP contribution in [0.2, 0.25) is 0 Å². The number of halogens is 1. The Morgan fingerprint density at radius 1 is 0.969 bits per heavy atom. The summed E-state index contributed by atoms with van der Waals surface area (Å²) in [4.78, 5) is 6.95. The van der Waals surface area contributed by atoms with E-state index in [0.29, 0.717) is 6.54 Å². The van der Waals surface area contributed by atoms with Gasteiger partial charge in [0.05, 0.1) is 14.2 Å². The van der Waals surface area contributed by atoms with Gasteiger partial charge in [0.15, 0.2) is 17.5 Å². The lowest BCUT2D eigenvalue weighted by atomic mass is 9.98. The number of hydrogen-bond acceptors (Lipinski definition) is 4. The van der Waals surface area contributed by atoms with E-state index >= 15 is 0 Å². The Bertz CT molecular complexity index is 867. The van der Waals surface area contributed by atoms with Gasteiger partial charge in [0.25, 0.3) is 0 Å². The first kappa shape index (κ1) is 26.3. The molecule has 6 nitrogen and oxygen atoms in total. The van der Waals surface area contributed by atoms with Gasteiger partial charge in [-0.05, 0) is 60.7 Å². The monoisotopic (exact) mass is 552 g/mol. The molecule has 2 aromatic carbocycles. The highest BCUT2D eigenvalue weighted by molar-refractivity contribution is 14.0. The molecule has 0 radical (unpaired) electrons. The third-order valence-electron chi connectivity index (χ3n) is 5.97. The quantitative estimate of drug-likeness (QED) is 0.289. The number of guanidine groups is 1. The Balaban J connectivity index is 0.00000363. The predicted octanol–water partition coefficient (Wildman–Crippen LogP) is 4.42. The fourth-order valence-electron chi connectivity index (χ4n) is 3.92. The van der Waals surface area contributed by atoms with Gasteiger partial charge in [-0.25, -0.2) is 0 Å². The third-order valence-corrected chi connectivity index (χ3v) is 5.97. The van der Waals surface area contributed by atoms with Crippen LogP contribution in [0.15, 0.2) is 47.5 Å². The van der Waals surface area contributed by atoms with Crippen molar-refractivity contribution in [2.45, 2.75) is 39.4 Å². The number of ether oxygens (including phenoxy) is 2. The zero-order valence-electron chi connectivity index (χ0n) is 19.7. The molecule has 0 aromatic heterocycles. The van der Waals surface area contributed by atoms with E-state index in [4.69, 9.17) is 9.47 Å². The molecule has 176 valence electrons. The largest absolute Gasteiger partial charge is 0.493 e. The predicted molar refractivity (Wildman–Crippen MR) is 142 cm³/mol. The molecule has 0 amide bonds. The average Bonchev–Trinajstić information content (AvgIpc) is 2.81. The van der Waals surface area contributed by atoms with Crippen molar-refractivity contribution in [2.75, 3.05) is 34.4 Å². The molecule has 1 heterocycles. The number of benzene rings is 2. The lowest BCUT2D eigenvalue weighted by Gasteiger charge is -2.30. The molecule has 2 aromatic rings. The van der Waals surface area contributed by atoms with Gasteiger partial charge in [0.1, 0.15) is 0 Å². The smallest absolute Gasteiger partial charge is 0.191 e. The van der Waals surface area contributed by atoms with Crippen LogP contribution in [0.25, 0.3) is 0 Å². The van der Waals surface area contributed by atoms with Crippen LogP contribution in [-0.2, 0) is 19.6 Å². The first-order chi connectivity index (χ1) is 15.1. The normalized spacial score (nSPS) is 15.1. The van der Waals surface area contributed by atoms with Crippen molar-refractivity contribution in [3.05, 3.63) is 59.2 Å². The van der Waals surface area contributed by atoms with Crippen molar-refractivity contribution < 1.29 is 9.47 Å². The van der Waals surface area contributed by atoms with E-state index in [0.717, 1.165) is 42.0 Å². The molecule has 7 heteroatoms. The number of hydrogen-bond donors (Lipinski definition) is 2. The van der Waals surface area contributed by atoms with Gasteiger partial charge in [-0.2, -0.15) is 0 Å². The highest BCUT2D eigenvalue weighted by Gasteiger charge is 2.16. The van der Waals surface area contributed by atoms with Crippen LogP contribution in [0, 0.1) is 5.92 Å².